The summed E-state index contributed by atoms with van der Waals surface area (Å²) in [6.07, 6.45) is 0. The fourth-order valence-corrected chi connectivity index (χ4v) is 7.91. The monoisotopic (exact) mass is 781 g/mol. The maximum atomic E-state index is 6.69. The van der Waals surface area contributed by atoms with E-state index in [0.717, 1.165) is 83.4 Å². The van der Waals surface area contributed by atoms with E-state index in [-0.39, 0.29) is 0 Å². The van der Waals surface area contributed by atoms with E-state index in [1.165, 1.54) is 0 Å². The topological polar surface area (TPSA) is 77.6 Å². The largest absolute Gasteiger partial charge is 0.452 e. The molecule has 0 amide bonds. The Labute approximate surface area is 352 Å². The van der Waals surface area contributed by atoms with Gasteiger partial charge in [0.05, 0.1) is 5.39 Å². The van der Waals surface area contributed by atoms with Gasteiger partial charge in [-0.3, -0.25) is 0 Å². The van der Waals surface area contributed by atoms with Gasteiger partial charge in [-0.1, -0.05) is 200 Å². The summed E-state index contributed by atoms with van der Waals surface area (Å²) in [5.74, 6) is 2.42. The minimum Gasteiger partial charge on any atom is -0.452 e. The molecule has 0 bridgehead atoms. The third-order valence-electron chi connectivity index (χ3n) is 11.0. The van der Waals surface area contributed by atoms with Crippen molar-refractivity contribution in [2.45, 2.75) is 0 Å². The van der Waals surface area contributed by atoms with E-state index < -0.39 is 0 Å². The fourth-order valence-electron chi connectivity index (χ4n) is 7.91. The van der Waals surface area contributed by atoms with Crippen LogP contribution < -0.4 is 0 Å². The molecule has 0 unspecified atom stereocenters. The number of aromatic nitrogens is 5. The first-order valence-corrected chi connectivity index (χ1v) is 20.2. The zero-order valence-corrected chi connectivity index (χ0v) is 32.9. The average molecular weight is 782 g/mol. The molecule has 8 aromatic carbocycles. The predicted molar refractivity (Wildman–Crippen MR) is 246 cm³/mol. The van der Waals surface area contributed by atoms with Gasteiger partial charge in [0.25, 0.3) is 0 Å². The highest BCUT2D eigenvalue weighted by atomic mass is 16.3. The summed E-state index contributed by atoms with van der Waals surface area (Å²) in [6, 6.07) is 72.3. The van der Waals surface area contributed by atoms with Gasteiger partial charge in [-0.2, -0.15) is 0 Å². The van der Waals surface area contributed by atoms with E-state index in [0.29, 0.717) is 28.9 Å². The van der Waals surface area contributed by atoms with Crippen molar-refractivity contribution < 1.29 is 4.42 Å². The first-order chi connectivity index (χ1) is 30.2. The van der Waals surface area contributed by atoms with Crippen molar-refractivity contribution >= 4 is 22.1 Å². The lowest BCUT2D eigenvalue weighted by Gasteiger charge is -2.11. The highest BCUT2D eigenvalue weighted by molar-refractivity contribution is 6.13. The van der Waals surface area contributed by atoms with Crippen molar-refractivity contribution in [1.29, 1.82) is 0 Å². The van der Waals surface area contributed by atoms with Gasteiger partial charge in [0.1, 0.15) is 16.8 Å². The fraction of sp³-hybridized carbons (Fsp3) is 0. The Morgan fingerprint density at radius 1 is 0.279 bits per heavy atom. The number of rotatable bonds is 8. The number of nitrogens with zero attached hydrogens (tertiary/aromatic N) is 5. The standard InChI is InChI=1S/C55H35N5O/c1-5-15-36(16-6-1)38-27-31-42(32-28-38)52-56-49(40-19-9-3-10-20-40)51-50(57-52)48-46(25-14-26-47(48)61-51)44-23-13-24-45(35-44)55-59-53(41-21-11-4-12-22-41)58-54(60-55)43-33-29-39(30-34-43)37-17-7-2-8-18-37/h1-35H. The van der Waals surface area contributed by atoms with Crippen LogP contribution in [0.5, 0.6) is 0 Å². The third-order valence-corrected chi connectivity index (χ3v) is 11.0. The van der Waals surface area contributed by atoms with Crippen molar-refractivity contribution in [2.75, 3.05) is 0 Å². The number of furan rings is 1. The van der Waals surface area contributed by atoms with Crippen LogP contribution in [0.3, 0.4) is 0 Å². The molecule has 0 fully saturated rings. The molecule has 11 rings (SSSR count). The summed E-state index contributed by atoms with van der Waals surface area (Å²) in [4.78, 5) is 25.6. The number of fused-ring (bicyclic) bond motifs is 3. The summed E-state index contributed by atoms with van der Waals surface area (Å²) < 4.78 is 6.69. The molecule has 0 N–H and O–H groups in total. The smallest absolute Gasteiger partial charge is 0.180 e. The van der Waals surface area contributed by atoms with E-state index in [1.807, 2.05) is 72.8 Å². The Morgan fingerprint density at radius 2 is 0.672 bits per heavy atom. The van der Waals surface area contributed by atoms with Crippen molar-refractivity contribution in [2.24, 2.45) is 0 Å². The van der Waals surface area contributed by atoms with E-state index in [2.05, 4.69) is 140 Å². The SMILES string of the molecule is c1ccc(-c2ccc(-c3nc(-c4ccccc4)nc(-c4cccc(-c5cccc6oc7c(-c8ccccc8)nc(-c8ccc(-c9ccccc9)cc8)nc7c56)c4)n3)cc2)cc1. The molecule has 0 saturated heterocycles. The van der Waals surface area contributed by atoms with Gasteiger partial charge >= 0.3 is 0 Å². The molecule has 0 spiro atoms. The van der Waals surface area contributed by atoms with Crippen molar-refractivity contribution in [3.63, 3.8) is 0 Å². The van der Waals surface area contributed by atoms with Crippen LogP contribution >= 0.6 is 0 Å². The summed E-state index contributed by atoms with van der Waals surface area (Å²) in [5.41, 5.74) is 14.0. The van der Waals surface area contributed by atoms with E-state index in [9.17, 15) is 0 Å². The predicted octanol–water partition coefficient (Wildman–Crippen LogP) is 13.9. The lowest BCUT2D eigenvalue weighted by atomic mass is 9.98. The average Bonchev–Trinajstić information content (AvgIpc) is 3.74. The molecule has 6 heteroatoms. The van der Waals surface area contributed by atoms with Crippen LogP contribution in [0.1, 0.15) is 0 Å². The molecule has 0 saturated carbocycles. The van der Waals surface area contributed by atoms with Gasteiger partial charge in [-0.15, -0.1) is 0 Å². The molecule has 0 aliphatic rings. The molecule has 3 heterocycles. The normalized spacial score (nSPS) is 11.3. The molecule has 11 aromatic rings. The summed E-state index contributed by atoms with van der Waals surface area (Å²) in [5, 5.41) is 0.913. The summed E-state index contributed by atoms with van der Waals surface area (Å²) in [7, 11) is 0. The van der Waals surface area contributed by atoms with Gasteiger partial charge in [0.2, 0.25) is 0 Å². The molecule has 0 aliphatic heterocycles. The third kappa shape index (κ3) is 6.92. The lowest BCUT2D eigenvalue weighted by Crippen LogP contribution is -2.00. The second-order valence-electron chi connectivity index (χ2n) is 14.9. The van der Waals surface area contributed by atoms with Crippen molar-refractivity contribution in [1.82, 2.24) is 24.9 Å². The molecule has 0 radical (unpaired) electrons. The van der Waals surface area contributed by atoms with Crippen molar-refractivity contribution in [3.8, 4) is 90.2 Å². The second kappa shape index (κ2) is 15.4. The van der Waals surface area contributed by atoms with Gasteiger partial charge in [-0.25, -0.2) is 24.9 Å². The maximum Gasteiger partial charge on any atom is 0.180 e. The second-order valence-corrected chi connectivity index (χ2v) is 14.9. The van der Waals surface area contributed by atoms with Gasteiger partial charge < -0.3 is 4.42 Å². The van der Waals surface area contributed by atoms with E-state index in [4.69, 9.17) is 29.3 Å². The van der Waals surface area contributed by atoms with Crippen LogP contribution in [-0.2, 0) is 0 Å². The zero-order chi connectivity index (χ0) is 40.5. The van der Waals surface area contributed by atoms with Crippen LogP contribution in [0.25, 0.3) is 112 Å². The quantitative estimate of drug-likeness (QED) is 0.153. The lowest BCUT2D eigenvalue weighted by molar-refractivity contribution is 0.667. The van der Waals surface area contributed by atoms with Gasteiger partial charge in [0, 0.05) is 27.8 Å². The minimum absolute atomic E-state index is 0.581. The number of hydrogen-bond acceptors (Lipinski definition) is 6. The molecule has 286 valence electrons. The number of benzene rings is 8. The minimum atomic E-state index is 0.581. The van der Waals surface area contributed by atoms with E-state index >= 15 is 0 Å². The van der Waals surface area contributed by atoms with Gasteiger partial charge in [-0.05, 0) is 45.5 Å². The molecule has 6 nitrogen and oxygen atoms in total. The van der Waals surface area contributed by atoms with Crippen LogP contribution in [0.4, 0.5) is 0 Å². The van der Waals surface area contributed by atoms with Crippen LogP contribution in [0.15, 0.2) is 217 Å². The number of hydrogen-bond donors (Lipinski definition) is 0. The Bertz CT molecular complexity index is 3320. The maximum absolute atomic E-state index is 6.69. The molecule has 3 aromatic heterocycles. The first-order valence-electron chi connectivity index (χ1n) is 20.2. The Morgan fingerprint density at radius 3 is 1.23 bits per heavy atom. The van der Waals surface area contributed by atoms with Crippen LogP contribution in [0, 0.1) is 0 Å². The van der Waals surface area contributed by atoms with Crippen molar-refractivity contribution in [3.05, 3.63) is 212 Å². The summed E-state index contributed by atoms with van der Waals surface area (Å²) >= 11 is 0. The Hall–Kier alpha value is -8.35. The molecule has 0 aliphatic carbocycles. The van der Waals surface area contributed by atoms with E-state index in [1.54, 1.807) is 0 Å². The highest BCUT2D eigenvalue weighted by Crippen LogP contribution is 2.41. The van der Waals surface area contributed by atoms with Crippen LogP contribution in [0.2, 0.25) is 0 Å². The Balaban J connectivity index is 1.04. The van der Waals surface area contributed by atoms with Gasteiger partial charge in [0.15, 0.2) is 28.9 Å². The molecular formula is C55H35N5O. The summed E-state index contributed by atoms with van der Waals surface area (Å²) in [6.45, 7) is 0. The van der Waals surface area contributed by atoms with Crippen LogP contribution in [-0.4, -0.2) is 24.9 Å². The molecule has 0 atom stereocenters. The zero-order valence-electron chi connectivity index (χ0n) is 32.9. The Kier molecular flexibility index (Phi) is 9.06. The molecule has 61 heavy (non-hydrogen) atoms. The highest BCUT2D eigenvalue weighted by Gasteiger charge is 2.21. The molecular weight excluding hydrogens is 747 g/mol. The first kappa shape index (κ1) is 35.8.